The number of hydrogen-bond donors (Lipinski definition) is 2. The van der Waals surface area contributed by atoms with Gasteiger partial charge in [-0.2, -0.15) is 0 Å². The first-order valence-electron chi connectivity index (χ1n) is 7.11. The summed E-state index contributed by atoms with van der Waals surface area (Å²) in [5, 5.41) is 2.47. The van der Waals surface area contributed by atoms with Crippen molar-refractivity contribution in [3.05, 3.63) is 53.9 Å². The van der Waals surface area contributed by atoms with Crippen LogP contribution in [-0.2, 0) is 10.0 Å². The van der Waals surface area contributed by atoms with E-state index in [1.165, 1.54) is 12.1 Å². The van der Waals surface area contributed by atoms with Gasteiger partial charge in [0.05, 0.1) is 4.90 Å². The second-order valence-corrected chi connectivity index (χ2v) is 6.97. The minimum atomic E-state index is -3.93. The van der Waals surface area contributed by atoms with Gasteiger partial charge in [-0.05, 0) is 37.3 Å². The van der Waals surface area contributed by atoms with Crippen molar-refractivity contribution in [2.45, 2.75) is 18.7 Å². The number of anilines is 1. The van der Waals surface area contributed by atoms with E-state index in [1.54, 1.807) is 37.3 Å². The van der Waals surface area contributed by atoms with Gasteiger partial charge in [-0.25, -0.2) is 22.9 Å². The van der Waals surface area contributed by atoms with Crippen LogP contribution in [0.5, 0.6) is 0 Å². The van der Waals surface area contributed by atoms with E-state index >= 15 is 0 Å². The van der Waals surface area contributed by atoms with Gasteiger partial charge in [0, 0.05) is 12.6 Å². The maximum Gasteiger partial charge on any atom is 0.333 e. The van der Waals surface area contributed by atoms with E-state index in [0.717, 1.165) is 5.56 Å². The molecule has 24 heavy (non-hydrogen) atoms. The lowest BCUT2D eigenvalue weighted by Crippen LogP contribution is -2.34. The number of hydrogen-bond acceptors (Lipinski definition) is 5. The lowest BCUT2D eigenvalue weighted by atomic mass is 10.2. The Balaban J connectivity index is 1.75. The Morgan fingerprint density at radius 1 is 1.08 bits per heavy atom. The molecule has 0 aliphatic heterocycles. The molecule has 7 nitrogen and oxygen atoms in total. The fraction of sp³-hybridized carbons (Fsp3) is 0.125. The number of aryl methyl sites for hydroxylation is 2. The number of sulfonamides is 1. The second kappa shape index (κ2) is 5.97. The van der Waals surface area contributed by atoms with Gasteiger partial charge in [0.25, 0.3) is 10.0 Å². The van der Waals surface area contributed by atoms with Crippen LogP contribution in [0.2, 0.25) is 0 Å². The number of nitrogens with zero attached hydrogens (tertiary/aromatic N) is 1. The first-order valence-corrected chi connectivity index (χ1v) is 8.59. The summed E-state index contributed by atoms with van der Waals surface area (Å²) >= 11 is 0. The zero-order valence-corrected chi connectivity index (χ0v) is 13.8. The van der Waals surface area contributed by atoms with Gasteiger partial charge in [-0.15, -0.1) is 0 Å². The number of urea groups is 1. The third-order valence-electron chi connectivity index (χ3n) is 3.31. The van der Waals surface area contributed by atoms with Crippen LogP contribution in [-0.4, -0.2) is 19.4 Å². The Kier molecular flexibility index (Phi) is 3.98. The number of fused-ring (bicyclic) bond motifs is 1. The molecule has 0 bridgehead atoms. The molecule has 1 heterocycles. The van der Waals surface area contributed by atoms with Crippen LogP contribution in [0.15, 0.2) is 51.8 Å². The highest BCUT2D eigenvalue weighted by Crippen LogP contribution is 2.19. The maximum absolute atomic E-state index is 12.2. The molecule has 3 rings (SSSR count). The van der Waals surface area contributed by atoms with Crippen molar-refractivity contribution in [1.29, 1.82) is 0 Å². The summed E-state index contributed by atoms with van der Waals surface area (Å²) in [4.78, 5) is 16.1. The molecule has 0 radical (unpaired) electrons. The van der Waals surface area contributed by atoms with E-state index in [-0.39, 0.29) is 4.90 Å². The molecular weight excluding hydrogens is 330 g/mol. The van der Waals surface area contributed by atoms with Crippen LogP contribution in [0.25, 0.3) is 11.1 Å². The molecule has 8 heteroatoms. The summed E-state index contributed by atoms with van der Waals surface area (Å²) in [5.41, 5.74) is 2.50. The number of carbonyl (C=O) groups is 1. The number of benzene rings is 2. The Morgan fingerprint density at radius 2 is 1.79 bits per heavy atom. The SMILES string of the molecule is Cc1ccc(S(=O)(=O)NC(=O)Nc2ccc3oc(C)nc3c2)cc1. The van der Waals surface area contributed by atoms with Gasteiger partial charge in [0.15, 0.2) is 11.5 Å². The average molecular weight is 345 g/mol. The van der Waals surface area contributed by atoms with Gasteiger partial charge in [0.1, 0.15) is 5.52 Å². The zero-order valence-electron chi connectivity index (χ0n) is 13.0. The van der Waals surface area contributed by atoms with E-state index in [1.807, 2.05) is 11.6 Å². The monoisotopic (exact) mass is 345 g/mol. The normalized spacial score (nSPS) is 11.4. The lowest BCUT2D eigenvalue weighted by molar-refractivity contribution is 0.256. The van der Waals surface area contributed by atoms with E-state index in [2.05, 4.69) is 10.3 Å². The second-order valence-electron chi connectivity index (χ2n) is 5.29. The maximum atomic E-state index is 12.2. The molecule has 0 spiro atoms. The van der Waals surface area contributed by atoms with E-state index in [9.17, 15) is 13.2 Å². The van der Waals surface area contributed by atoms with Crippen LogP contribution in [0, 0.1) is 13.8 Å². The number of oxazole rings is 1. The number of carbonyl (C=O) groups excluding carboxylic acids is 1. The third-order valence-corrected chi connectivity index (χ3v) is 4.66. The molecule has 124 valence electrons. The summed E-state index contributed by atoms with van der Waals surface area (Å²) in [6.45, 7) is 3.56. The highest BCUT2D eigenvalue weighted by molar-refractivity contribution is 7.90. The van der Waals surface area contributed by atoms with Gasteiger partial charge in [-0.3, -0.25) is 0 Å². The number of nitrogens with one attached hydrogen (secondary N) is 2. The van der Waals surface area contributed by atoms with Crippen molar-refractivity contribution >= 4 is 32.8 Å². The Bertz CT molecular complexity index is 1010. The quantitative estimate of drug-likeness (QED) is 0.760. The summed E-state index contributed by atoms with van der Waals surface area (Å²) in [6.07, 6.45) is 0. The molecule has 1 aromatic heterocycles. The van der Waals surface area contributed by atoms with Crippen LogP contribution in [0.3, 0.4) is 0 Å². The minimum Gasteiger partial charge on any atom is -0.441 e. The molecule has 2 N–H and O–H groups in total. The van der Waals surface area contributed by atoms with Crippen LogP contribution >= 0.6 is 0 Å². The molecule has 2 amide bonds. The lowest BCUT2D eigenvalue weighted by Gasteiger charge is -2.08. The largest absolute Gasteiger partial charge is 0.441 e. The van der Waals surface area contributed by atoms with Crippen molar-refractivity contribution in [3.63, 3.8) is 0 Å². The topological polar surface area (TPSA) is 101 Å². The Morgan fingerprint density at radius 3 is 2.50 bits per heavy atom. The van der Waals surface area contributed by atoms with Gasteiger partial charge < -0.3 is 9.73 Å². The molecule has 0 aliphatic rings. The molecular formula is C16H15N3O4S. The summed E-state index contributed by atoms with van der Waals surface area (Å²) < 4.78 is 31.6. The molecule has 2 aromatic carbocycles. The molecule has 0 saturated carbocycles. The van der Waals surface area contributed by atoms with Crippen molar-refractivity contribution in [3.8, 4) is 0 Å². The standard InChI is InChI=1S/C16H15N3O4S/c1-10-3-6-13(7-4-10)24(21,22)19-16(20)18-12-5-8-15-14(9-12)17-11(2)23-15/h3-9H,1-2H3,(H2,18,19,20). The zero-order chi connectivity index (χ0) is 17.3. The van der Waals surface area contributed by atoms with Crippen molar-refractivity contribution in [1.82, 2.24) is 9.71 Å². The Labute approximate surface area is 138 Å². The first kappa shape index (κ1) is 16.0. The average Bonchev–Trinajstić information content (AvgIpc) is 2.86. The summed E-state index contributed by atoms with van der Waals surface area (Å²) in [5.74, 6) is 0.508. The number of rotatable bonds is 3. The highest BCUT2D eigenvalue weighted by Gasteiger charge is 2.17. The van der Waals surface area contributed by atoms with Gasteiger partial charge in [-0.1, -0.05) is 17.7 Å². The van der Waals surface area contributed by atoms with Crippen LogP contribution < -0.4 is 10.0 Å². The number of amides is 2. The highest BCUT2D eigenvalue weighted by atomic mass is 32.2. The molecule has 0 aliphatic carbocycles. The Hall–Kier alpha value is -2.87. The number of aromatic nitrogens is 1. The van der Waals surface area contributed by atoms with Crippen LogP contribution in [0.4, 0.5) is 10.5 Å². The molecule has 0 fully saturated rings. The molecule has 0 saturated heterocycles. The van der Waals surface area contributed by atoms with Crippen LogP contribution in [0.1, 0.15) is 11.5 Å². The smallest absolute Gasteiger partial charge is 0.333 e. The predicted octanol–water partition coefficient (Wildman–Crippen LogP) is 2.96. The fourth-order valence-electron chi connectivity index (χ4n) is 2.18. The fourth-order valence-corrected chi connectivity index (χ4v) is 3.08. The minimum absolute atomic E-state index is 0.0193. The molecule has 3 aromatic rings. The van der Waals surface area contributed by atoms with E-state index in [0.29, 0.717) is 22.7 Å². The summed E-state index contributed by atoms with van der Waals surface area (Å²) in [7, 11) is -3.93. The molecule has 0 atom stereocenters. The van der Waals surface area contributed by atoms with Gasteiger partial charge in [0.2, 0.25) is 0 Å². The van der Waals surface area contributed by atoms with Crippen molar-refractivity contribution < 1.29 is 17.6 Å². The summed E-state index contributed by atoms with van der Waals surface area (Å²) in [6, 6.07) is 10.2. The van der Waals surface area contributed by atoms with E-state index in [4.69, 9.17) is 4.42 Å². The first-order chi connectivity index (χ1) is 11.3. The predicted molar refractivity (Wildman–Crippen MR) is 89.3 cm³/mol. The third kappa shape index (κ3) is 3.38. The van der Waals surface area contributed by atoms with Crippen molar-refractivity contribution in [2.24, 2.45) is 0 Å². The molecule has 0 unspecified atom stereocenters. The van der Waals surface area contributed by atoms with Gasteiger partial charge >= 0.3 is 6.03 Å². The van der Waals surface area contributed by atoms with Crippen molar-refractivity contribution in [2.75, 3.05) is 5.32 Å². The van der Waals surface area contributed by atoms with E-state index < -0.39 is 16.1 Å².